The predicted octanol–water partition coefficient (Wildman–Crippen LogP) is 5.64. The summed E-state index contributed by atoms with van der Waals surface area (Å²) < 4.78 is 13.2. The van der Waals surface area contributed by atoms with E-state index in [0.29, 0.717) is 64.8 Å². The number of pyridine rings is 2. The van der Waals surface area contributed by atoms with Gasteiger partial charge in [0, 0.05) is 61.3 Å². The maximum atomic E-state index is 14.2. The Kier molecular flexibility index (Phi) is 18.6. The second kappa shape index (κ2) is 25.8. The van der Waals surface area contributed by atoms with Crippen LogP contribution in [0.5, 0.6) is 5.75 Å². The number of aromatic amines is 1. The number of carbonyl (C=O) groups excluding carboxylic acids is 7. The van der Waals surface area contributed by atoms with Crippen molar-refractivity contribution < 1.29 is 43.0 Å². The summed E-state index contributed by atoms with van der Waals surface area (Å²) in [4.78, 5) is 110. The highest BCUT2D eigenvalue weighted by Gasteiger charge is 2.30. The number of H-pyrrole nitrogens is 1. The third-order valence-electron chi connectivity index (χ3n) is 12.7. The van der Waals surface area contributed by atoms with Crippen molar-refractivity contribution in [2.45, 2.75) is 98.0 Å². The Morgan fingerprint density at radius 2 is 1.61 bits per heavy atom. The fraction of sp³-hybridized carbons (Fsp3) is 0.352. The number of imide groups is 1. The zero-order valence-corrected chi connectivity index (χ0v) is 43.1. The number of primary amides is 1. The van der Waals surface area contributed by atoms with Gasteiger partial charge in [-0.3, -0.25) is 38.8 Å². The average Bonchev–Trinajstić information content (AvgIpc) is 4.14. The number of anilines is 1. The Labute approximate surface area is 439 Å². The minimum absolute atomic E-state index is 0.0263. The minimum atomic E-state index is -1.07. The standard InChI is InChI=1S/C54H63N13O9/c1-33(2)48(64-45(68)17-7-6-8-27-66-46(69)24-25-47(66)70)52(72)61-41(15-11-26-56-53(55)73)51(71)60-39-21-18-36(19-22-39)31-76-54(74)65(28-37-13-10-16-42(75-5)35(37)4)30-43-62-49(38-20-23-44-57-32-58-67(44)29-38)50(63-43)40-14-9-12-34(3)59-40/h9-10,12-14,16,18-25,29,32-33,41,48H,6-8,11,15,17,26-28,30-31H2,1-5H3,(H,60,71)(H,61,72)(H,62,63)(H,64,68)(H3,55,56,73). The third kappa shape index (κ3) is 14.6. The molecule has 22 nitrogen and oxygen atoms in total. The molecular weight excluding hydrogens is 975 g/mol. The highest BCUT2D eigenvalue weighted by molar-refractivity contribution is 6.12. The lowest BCUT2D eigenvalue weighted by Gasteiger charge is -2.25. The highest BCUT2D eigenvalue weighted by atomic mass is 16.6. The van der Waals surface area contributed by atoms with E-state index in [1.807, 2.05) is 68.6 Å². The number of aromatic nitrogens is 6. The van der Waals surface area contributed by atoms with Crippen LogP contribution in [-0.2, 0) is 48.4 Å². The van der Waals surface area contributed by atoms with Crippen LogP contribution >= 0.6 is 0 Å². The largest absolute Gasteiger partial charge is 0.496 e. The number of hydrogen-bond acceptors (Lipinski definition) is 13. The van der Waals surface area contributed by atoms with E-state index in [1.54, 1.807) is 54.6 Å². The normalized spacial score (nSPS) is 12.9. The average molecular weight is 1040 g/mol. The van der Waals surface area contributed by atoms with Gasteiger partial charge in [-0.25, -0.2) is 24.1 Å². The maximum absolute atomic E-state index is 14.2. The van der Waals surface area contributed by atoms with Crippen LogP contribution in [0.4, 0.5) is 15.3 Å². The molecule has 4 aromatic heterocycles. The van der Waals surface area contributed by atoms with E-state index in [0.717, 1.165) is 27.3 Å². The molecule has 1 aliphatic rings. The number of amides is 8. The van der Waals surface area contributed by atoms with Crippen molar-refractivity contribution in [1.29, 1.82) is 0 Å². The van der Waals surface area contributed by atoms with Crippen LogP contribution in [0.1, 0.15) is 80.6 Å². The summed E-state index contributed by atoms with van der Waals surface area (Å²) in [5.41, 5.74) is 12.1. The van der Waals surface area contributed by atoms with Crippen molar-refractivity contribution in [3.05, 3.63) is 126 Å². The number of fused-ring (bicyclic) bond motifs is 1. The van der Waals surface area contributed by atoms with Crippen LogP contribution in [-0.4, -0.2) is 113 Å². The Hall–Kier alpha value is -8.95. The minimum Gasteiger partial charge on any atom is -0.496 e. The van der Waals surface area contributed by atoms with E-state index < -0.39 is 36.0 Å². The van der Waals surface area contributed by atoms with Crippen molar-refractivity contribution in [3.8, 4) is 28.4 Å². The first-order valence-corrected chi connectivity index (χ1v) is 25.0. The van der Waals surface area contributed by atoms with Crippen molar-refractivity contribution in [1.82, 2.24) is 55.3 Å². The van der Waals surface area contributed by atoms with E-state index in [1.165, 1.54) is 18.5 Å². The molecule has 0 bridgehead atoms. The molecule has 0 spiro atoms. The number of imidazole rings is 1. The molecule has 0 aliphatic carbocycles. The van der Waals surface area contributed by atoms with E-state index in [-0.39, 0.29) is 75.7 Å². The molecule has 398 valence electrons. The molecule has 76 heavy (non-hydrogen) atoms. The number of rotatable bonds is 25. The molecule has 7 N–H and O–H groups in total. The summed E-state index contributed by atoms with van der Waals surface area (Å²) >= 11 is 0. The number of hydrogen-bond donors (Lipinski definition) is 6. The quantitative estimate of drug-likeness (QED) is 0.0299. The zero-order chi connectivity index (χ0) is 54.3. The number of aryl methyl sites for hydroxylation is 1. The fourth-order valence-corrected chi connectivity index (χ4v) is 8.52. The number of nitrogens with one attached hydrogen (secondary N) is 5. The number of nitrogens with two attached hydrogens (primary N) is 1. The summed E-state index contributed by atoms with van der Waals surface area (Å²) in [5.74, 6) is -1.40. The summed E-state index contributed by atoms with van der Waals surface area (Å²) in [6, 6.07) is 19.0. The molecular formula is C54H63N13O9. The van der Waals surface area contributed by atoms with Gasteiger partial charge in [-0.05, 0) is 105 Å². The van der Waals surface area contributed by atoms with Gasteiger partial charge in [0.1, 0.15) is 42.3 Å². The smallest absolute Gasteiger partial charge is 0.410 e. The number of urea groups is 1. The van der Waals surface area contributed by atoms with Gasteiger partial charge in [-0.15, -0.1) is 0 Å². The summed E-state index contributed by atoms with van der Waals surface area (Å²) in [5, 5.41) is 15.2. The van der Waals surface area contributed by atoms with Gasteiger partial charge in [0.2, 0.25) is 17.7 Å². The van der Waals surface area contributed by atoms with Gasteiger partial charge in [-0.1, -0.05) is 50.6 Å². The van der Waals surface area contributed by atoms with Crippen LogP contribution in [0.2, 0.25) is 0 Å². The van der Waals surface area contributed by atoms with Crippen LogP contribution in [0, 0.1) is 19.8 Å². The molecule has 2 aromatic carbocycles. The van der Waals surface area contributed by atoms with E-state index >= 15 is 0 Å². The second-order valence-corrected chi connectivity index (χ2v) is 18.6. The van der Waals surface area contributed by atoms with E-state index in [9.17, 15) is 33.6 Å². The number of benzene rings is 2. The lowest BCUT2D eigenvalue weighted by molar-refractivity contribution is -0.137. The first kappa shape index (κ1) is 54.8. The highest BCUT2D eigenvalue weighted by Crippen LogP contribution is 2.31. The summed E-state index contributed by atoms with van der Waals surface area (Å²) in [6.07, 6.45) is 7.24. The molecule has 2 atom stereocenters. The topological polar surface area (TPSA) is 290 Å². The SMILES string of the molecule is COc1cccc(CN(Cc2nc(-c3cccc(C)n3)c(-c3ccc4ncnn4c3)[nH]2)C(=O)OCc2ccc(NC(=O)C(CCCNC(N)=O)NC(=O)C(NC(=O)CCCCCN3C(=O)C=CC3=O)C(C)C)cc2)c1C. The molecule has 0 fully saturated rings. The third-order valence-corrected chi connectivity index (χ3v) is 12.7. The molecule has 0 saturated carbocycles. The van der Waals surface area contributed by atoms with Crippen molar-refractivity contribution >= 4 is 53.0 Å². The van der Waals surface area contributed by atoms with Crippen LogP contribution in [0.3, 0.4) is 0 Å². The molecule has 7 rings (SSSR count). The Morgan fingerprint density at radius 3 is 2.33 bits per heavy atom. The maximum Gasteiger partial charge on any atom is 0.410 e. The molecule has 22 heteroatoms. The monoisotopic (exact) mass is 1040 g/mol. The van der Waals surface area contributed by atoms with E-state index in [2.05, 4.69) is 36.3 Å². The molecule has 8 amide bonds. The summed E-state index contributed by atoms with van der Waals surface area (Å²) in [7, 11) is 1.59. The molecule has 6 aromatic rings. The Bertz CT molecular complexity index is 3080. The number of unbranched alkanes of at least 4 members (excludes halogenated alkanes) is 2. The van der Waals surface area contributed by atoms with Gasteiger partial charge < -0.3 is 41.5 Å². The lowest BCUT2D eigenvalue weighted by Crippen LogP contribution is -2.54. The summed E-state index contributed by atoms with van der Waals surface area (Å²) in [6.45, 7) is 7.82. The predicted molar refractivity (Wildman–Crippen MR) is 281 cm³/mol. The Balaban J connectivity index is 1.01. The second-order valence-electron chi connectivity index (χ2n) is 18.6. The van der Waals surface area contributed by atoms with E-state index in [4.69, 9.17) is 25.2 Å². The first-order chi connectivity index (χ1) is 36.6. The van der Waals surface area contributed by atoms with Crippen molar-refractivity contribution in [2.24, 2.45) is 11.7 Å². The molecule has 5 heterocycles. The van der Waals surface area contributed by atoms with Gasteiger partial charge in [0.05, 0.1) is 25.0 Å². The van der Waals surface area contributed by atoms with Gasteiger partial charge in [0.15, 0.2) is 5.65 Å². The number of carbonyl (C=O) groups is 7. The van der Waals surface area contributed by atoms with Crippen LogP contribution in [0.15, 0.2) is 97.5 Å². The lowest BCUT2D eigenvalue weighted by atomic mass is 10.0. The van der Waals surface area contributed by atoms with Gasteiger partial charge >= 0.3 is 12.1 Å². The van der Waals surface area contributed by atoms with Gasteiger partial charge in [-0.2, -0.15) is 5.10 Å². The fourth-order valence-electron chi connectivity index (χ4n) is 8.52. The molecule has 0 saturated heterocycles. The molecule has 1 aliphatic heterocycles. The number of nitrogens with zero attached hydrogens (tertiary/aromatic N) is 7. The van der Waals surface area contributed by atoms with Crippen molar-refractivity contribution in [2.75, 3.05) is 25.5 Å². The van der Waals surface area contributed by atoms with Crippen LogP contribution in [0.25, 0.3) is 28.3 Å². The van der Waals surface area contributed by atoms with Crippen LogP contribution < -0.4 is 31.7 Å². The zero-order valence-electron chi connectivity index (χ0n) is 43.1. The molecule has 0 radical (unpaired) electrons. The first-order valence-electron chi connectivity index (χ1n) is 25.0. The Morgan fingerprint density at radius 1 is 0.842 bits per heavy atom. The molecule has 2 unspecified atom stereocenters. The number of ether oxygens (including phenoxy) is 2. The van der Waals surface area contributed by atoms with Gasteiger partial charge in [0.25, 0.3) is 11.8 Å². The number of methoxy groups -OCH3 is 1. The van der Waals surface area contributed by atoms with Crippen molar-refractivity contribution in [3.63, 3.8) is 0 Å².